The van der Waals surface area contributed by atoms with Crippen molar-refractivity contribution < 1.29 is 9.53 Å². The number of carbonyl (C=O) groups excluding carboxylic acids is 1. The first-order chi connectivity index (χ1) is 10.7. The van der Waals surface area contributed by atoms with Crippen molar-refractivity contribution in [1.82, 2.24) is 4.57 Å². The van der Waals surface area contributed by atoms with E-state index in [1.54, 1.807) is 0 Å². The number of aryl methyl sites for hydroxylation is 1. The molecule has 1 heterocycles. The lowest BCUT2D eigenvalue weighted by Crippen LogP contribution is -2.01. The van der Waals surface area contributed by atoms with E-state index in [1.165, 1.54) is 0 Å². The van der Waals surface area contributed by atoms with Crippen molar-refractivity contribution in [2.24, 2.45) is 0 Å². The van der Waals surface area contributed by atoms with Gasteiger partial charge in [0, 0.05) is 34.8 Å². The van der Waals surface area contributed by atoms with Crippen molar-refractivity contribution >= 4 is 16.7 Å². The largest absolute Gasteiger partial charge is 0.494 e. The number of benzene rings is 2. The lowest BCUT2D eigenvalue weighted by molar-refractivity contribution is 0.104. The molecule has 112 valence electrons. The van der Waals surface area contributed by atoms with Crippen LogP contribution in [0.2, 0.25) is 0 Å². The molecule has 0 aliphatic rings. The first-order valence-corrected chi connectivity index (χ1v) is 7.60. The second-order valence-electron chi connectivity index (χ2n) is 5.13. The predicted molar refractivity (Wildman–Crippen MR) is 88.7 cm³/mol. The molecule has 3 aromatic rings. The summed E-state index contributed by atoms with van der Waals surface area (Å²) in [5, 5.41) is 1.00. The van der Waals surface area contributed by atoms with E-state index in [0.717, 1.165) is 28.8 Å². The Hall–Kier alpha value is -2.55. The summed E-state index contributed by atoms with van der Waals surface area (Å²) < 4.78 is 7.53. The van der Waals surface area contributed by atoms with Crippen molar-refractivity contribution in [3.63, 3.8) is 0 Å². The van der Waals surface area contributed by atoms with Crippen LogP contribution in [0.4, 0.5) is 0 Å². The maximum Gasteiger partial charge on any atom is 0.195 e. The molecule has 0 aliphatic carbocycles. The number of carbonyl (C=O) groups is 1. The third kappa shape index (κ3) is 2.50. The van der Waals surface area contributed by atoms with Gasteiger partial charge in [0.25, 0.3) is 0 Å². The van der Waals surface area contributed by atoms with Crippen LogP contribution in [0.15, 0.2) is 54.7 Å². The molecular formula is C19H19NO2. The molecule has 0 fully saturated rings. The number of aromatic nitrogens is 1. The summed E-state index contributed by atoms with van der Waals surface area (Å²) in [4.78, 5) is 12.8. The van der Waals surface area contributed by atoms with Crippen LogP contribution in [0.1, 0.15) is 29.8 Å². The van der Waals surface area contributed by atoms with Crippen LogP contribution in [0, 0.1) is 0 Å². The minimum Gasteiger partial charge on any atom is -0.494 e. The lowest BCUT2D eigenvalue weighted by Gasteiger charge is -2.04. The van der Waals surface area contributed by atoms with Gasteiger partial charge in [-0.2, -0.15) is 0 Å². The highest BCUT2D eigenvalue weighted by molar-refractivity contribution is 6.16. The molecule has 2 aromatic carbocycles. The molecule has 3 rings (SSSR count). The SMILES string of the molecule is CCOc1ccc(C(=O)c2cn(CC)c3ccccc23)cc1. The Bertz CT molecular complexity index is 800. The molecular weight excluding hydrogens is 274 g/mol. The molecule has 0 saturated carbocycles. The Morgan fingerprint density at radius 2 is 1.77 bits per heavy atom. The molecule has 3 heteroatoms. The standard InChI is InChI=1S/C19H19NO2/c1-3-20-13-17(16-7-5-6-8-18(16)20)19(21)14-9-11-15(12-10-14)22-4-2/h5-13H,3-4H2,1-2H3. The van der Waals surface area contributed by atoms with Gasteiger partial charge in [-0.15, -0.1) is 0 Å². The Kier molecular flexibility index (Phi) is 3.96. The zero-order valence-electron chi connectivity index (χ0n) is 12.9. The highest BCUT2D eigenvalue weighted by atomic mass is 16.5. The van der Waals surface area contributed by atoms with Gasteiger partial charge < -0.3 is 9.30 Å². The first-order valence-electron chi connectivity index (χ1n) is 7.60. The van der Waals surface area contributed by atoms with Crippen LogP contribution in [0.3, 0.4) is 0 Å². The summed E-state index contributed by atoms with van der Waals surface area (Å²) in [5.74, 6) is 0.835. The van der Waals surface area contributed by atoms with Gasteiger partial charge in [0.1, 0.15) is 5.75 Å². The minimum absolute atomic E-state index is 0.0476. The molecule has 0 N–H and O–H groups in total. The third-order valence-corrected chi connectivity index (χ3v) is 3.80. The number of fused-ring (bicyclic) bond motifs is 1. The summed E-state index contributed by atoms with van der Waals surface area (Å²) in [6.07, 6.45) is 1.95. The fraction of sp³-hybridized carbons (Fsp3) is 0.211. The van der Waals surface area contributed by atoms with Gasteiger partial charge in [-0.3, -0.25) is 4.79 Å². The van der Waals surface area contributed by atoms with Crippen LogP contribution >= 0.6 is 0 Å². The average molecular weight is 293 g/mol. The third-order valence-electron chi connectivity index (χ3n) is 3.80. The smallest absolute Gasteiger partial charge is 0.195 e. The van der Waals surface area contributed by atoms with Crippen LogP contribution in [-0.2, 0) is 6.54 Å². The Morgan fingerprint density at radius 1 is 1.05 bits per heavy atom. The van der Waals surface area contributed by atoms with Crippen molar-refractivity contribution in [3.8, 4) is 5.75 Å². The maximum atomic E-state index is 12.8. The fourth-order valence-corrected chi connectivity index (χ4v) is 2.71. The molecule has 0 unspecified atom stereocenters. The average Bonchev–Trinajstić information content (AvgIpc) is 2.94. The first kappa shape index (κ1) is 14.4. The molecule has 0 radical (unpaired) electrons. The number of para-hydroxylation sites is 1. The number of rotatable bonds is 5. The number of ether oxygens (including phenoxy) is 1. The van der Waals surface area contributed by atoms with Gasteiger partial charge in [0.05, 0.1) is 6.61 Å². The normalized spacial score (nSPS) is 10.8. The summed E-state index contributed by atoms with van der Waals surface area (Å²) in [5.41, 5.74) is 2.53. The van der Waals surface area contributed by atoms with Gasteiger partial charge in [-0.1, -0.05) is 18.2 Å². The van der Waals surface area contributed by atoms with Crippen molar-refractivity contribution in [2.75, 3.05) is 6.61 Å². The zero-order chi connectivity index (χ0) is 15.5. The van der Waals surface area contributed by atoms with E-state index in [1.807, 2.05) is 61.7 Å². The summed E-state index contributed by atoms with van der Waals surface area (Å²) in [6.45, 7) is 5.49. The van der Waals surface area contributed by atoms with Gasteiger partial charge >= 0.3 is 0 Å². The molecule has 22 heavy (non-hydrogen) atoms. The van der Waals surface area contributed by atoms with Crippen molar-refractivity contribution in [1.29, 1.82) is 0 Å². The molecule has 0 atom stereocenters. The number of hydrogen-bond acceptors (Lipinski definition) is 2. The molecule has 0 saturated heterocycles. The quantitative estimate of drug-likeness (QED) is 0.657. The molecule has 0 aliphatic heterocycles. The van der Waals surface area contributed by atoms with E-state index in [9.17, 15) is 4.79 Å². The van der Waals surface area contributed by atoms with E-state index in [0.29, 0.717) is 12.2 Å². The lowest BCUT2D eigenvalue weighted by atomic mass is 10.0. The van der Waals surface area contributed by atoms with Gasteiger partial charge in [0.15, 0.2) is 5.78 Å². The van der Waals surface area contributed by atoms with Crippen LogP contribution in [0.5, 0.6) is 5.75 Å². The number of hydrogen-bond donors (Lipinski definition) is 0. The van der Waals surface area contributed by atoms with E-state index in [-0.39, 0.29) is 5.78 Å². The summed E-state index contributed by atoms with van der Waals surface area (Å²) in [7, 11) is 0. The predicted octanol–water partition coefficient (Wildman–Crippen LogP) is 4.29. The van der Waals surface area contributed by atoms with Crippen molar-refractivity contribution in [3.05, 3.63) is 65.9 Å². The van der Waals surface area contributed by atoms with Crippen molar-refractivity contribution in [2.45, 2.75) is 20.4 Å². The van der Waals surface area contributed by atoms with Crippen LogP contribution in [0.25, 0.3) is 10.9 Å². The fourth-order valence-electron chi connectivity index (χ4n) is 2.71. The van der Waals surface area contributed by atoms with Crippen LogP contribution < -0.4 is 4.74 Å². The van der Waals surface area contributed by atoms with Crippen LogP contribution in [-0.4, -0.2) is 17.0 Å². The second-order valence-corrected chi connectivity index (χ2v) is 5.13. The monoisotopic (exact) mass is 293 g/mol. The summed E-state index contributed by atoms with van der Waals surface area (Å²) in [6, 6.07) is 15.4. The van der Waals surface area contributed by atoms with Gasteiger partial charge in [0.2, 0.25) is 0 Å². The minimum atomic E-state index is 0.0476. The van der Waals surface area contributed by atoms with E-state index in [2.05, 4.69) is 11.5 Å². The Labute approximate surface area is 130 Å². The van der Waals surface area contributed by atoms with Gasteiger partial charge in [-0.05, 0) is 44.2 Å². The Morgan fingerprint density at radius 3 is 2.45 bits per heavy atom. The number of nitrogens with zero attached hydrogens (tertiary/aromatic N) is 1. The topological polar surface area (TPSA) is 31.2 Å². The van der Waals surface area contributed by atoms with E-state index >= 15 is 0 Å². The number of ketones is 1. The highest BCUT2D eigenvalue weighted by Gasteiger charge is 2.16. The van der Waals surface area contributed by atoms with E-state index < -0.39 is 0 Å². The zero-order valence-corrected chi connectivity index (χ0v) is 12.9. The molecule has 3 nitrogen and oxygen atoms in total. The maximum absolute atomic E-state index is 12.8. The molecule has 1 aromatic heterocycles. The summed E-state index contributed by atoms with van der Waals surface area (Å²) >= 11 is 0. The van der Waals surface area contributed by atoms with E-state index in [4.69, 9.17) is 4.74 Å². The second kappa shape index (κ2) is 6.06. The molecule has 0 bridgehead atoms. The van der Waals surface area contributed by atoms with Gasteiger partial charge in [-0.25, -0.2) is 0 Å². The molecule has 0 amide bonds. The highest BCUT2D eigenvalue weighted by Crippen LogP contribution is 2.24. The molecule has 0 spiro atoms. The Balaban J connectivity index is 2.01.